The SMILES string of the molecule is O=C(O)CC[n+]1ccc(-c2ccnc(C(F)(F)F)c2)cn1. The van der Waals surface area contributed by atoms with Crippen molar-refractivity contribution in [1.29, 1.82) is 0 Å². The zero-order valence-electron chi connectivity index (χ0n) is 10.7. The van der Waals surface area contributed by atoms with Crippen LogP contribution in [0.15, 0.2) is 36.8 Å². The molecule has 2 rings (SSSR count). The molecule has 0 aliphatic carbocycles. The first-order chi connectivity index (χ1) is 9.86. The summed E-state index contributed by atoms with van der Waals surface area (Å²) in [7, 11) is 0. The summed E-state index contributed by atoms with van der Waals surface area (Å²) in [5.74, 6) is -0.947. The fourth-order valence-electron chi connectivity index (χ4n) is 1.66. The second kappa shape index (κ2) is 5.86. The van der Waals surface area contributed by atoms with Crippen molar-refractivity contribution in [3.05, 3.63) is 42.5 Å². The van der Waals surface area contributed by atoms with E-state index in [1.54, 1.807) is 6.07 Å². The molecule has 0 fully saturated rings. The summed E-state index contributed by atoms with van der Waals surface area (Å²) in [6.07, 6.45) is -0.586. The number of aliphatic carboxylic acids is 1. The Balaban J connectivity index is 2.21. The third kappa shape index (κ3) is 3.98. The van der Waals surface area contributed by atoms with Crippen molar-refractivity contribution in [3.63, 3.8) is 0 Å². The van der Waals surface area contributed by atoms with Crippen LogP contribution >= 0.6 is 0 Å². The molecule has 0 aliphatic heterocycles. The molecule has 0 atom stereocenters. The fourth-order valence-corrected chi connectivity index (χ4v) is 1.66. The van der Waals surface area contributed by atoms with Crippen molar-refractivity contribution in [3.8, 4) is 11.1 Å². The Morgan fingerprint density at radius 3 is 2.62 bits per heavy atom. The summed E-state index contributed by atoms with van der Waals surface area (Å²) in [5.41, 5.74) is -0.132. The number of carbonyl (C=O) groups is 1. The maximum atomic E-state index is 12.6. The smallest absolute Gasteiger partial charge is 0.433 e. The lowest BCUT2D eigenvalue weighted by Crippen LogP contribution is -2.38. The van der Waals surface area contributed by atoms with Crippen LogP contribution in [0.3, 0.4) is 0 Å². The van der Waals surface area contributed by atoms with Crippen LogP contribution in [0.5, 0.6) is 0 Å². The van der Waals surface area contributed by atoms with E-state index in [-0.39, 0.29) is 13.0 Å². The van der Waals surface area contributed by atoms with Crippen LogP contribution in [0, 0.1) is 0 Å². The standard InChI is InChI=1S/C13H10F3N3O2/c14-13(15,16)11-7-9(1-4-17-11)10-2-5-19(18-8-10)6-3-12(20)21/h1-2,4-5,7-8H,3,6H2/p+1. The Kier molecular flexibility index (Phi) is 4.15. The molecule has 5 nitrogen and oxygen atoms in total. The van der Waals surface area contributed by atoms with Crippen molar-refractivity contribution in [2.75, 3.05) is 0 Å². The maximum Gasteiger partial charge on any atom is 0.433 e. The topological polar surface area (TPSA) is 67.0 Å². The lowest BCUT2D eigenvalue weighted by atomic mass is 10.1. The molecular weight excluding hydrogens is 287 g/mol. The van der Waals surface area contributed by atoms with Gasteiger partial charge in [-0.2, -0.15) is 13.2 Å². The molecule has 0 aromatic carbocycles. The first-order valence-corrected chi connectivity index (χ1v) is 5.97. The molecule has 2 heterocycles. The number of rotatable bonds is 4. The van der Waals surface area contributed by atoms with Gasteiger partial charge in [0, 0.05) is 17.8 Å². The zero-order chi connectivity index (χ0) is 15.5. The van der Waals surface area contributed by atoms with Crippen LogP contribution < -0.4 is 4.68 Å². The molecule has 0 bridgehead atoms. The van der Waals surface area contributed by atoms with Gasteiger partial charge in [-0.15, -0.1) is 0 Å². The largest absolute Gasteiger partial charge is 0.481 e. The van der Waals surface area contributed by atoms with Crippen LogP contribution in [-0.4, -0.2) is 21.2 Å². The van der Waals surface area contributed by atoms with E-state index in [4.69, 9.17) is 5.11 Å². The van der Waals surface area contributed by atoms with Gasteiger partial charge in [0.25, 0.3) is 0 Å². The number of alkyl halides is 3. The van der Waals surface area contributed by atoms with Crippen LogP contribution in [0.25, 0.3) is 11.1 Å². The van der Waals surface area contributed by atoms with Crippen molar-refractivity contribution in [2.24, 2.45) is 0 Å². The van der Waals surface area contributed by atoms with Gasteiger partial charge in [-0.3, -0.25) is 9.78 Å². The summed E-state index contributed by atoms with van der Waals surface area (Å²) in [6.45, 7) is 0.194. The average molecular weight is 298 g/mol. The van der Waals surface area contributed by atoms with Gasteiger partial charge in [-0.25, -0.2) is 0 Å². The minimum Gasteiger partial charge on any atom is -0.481 e. The van der Waals surface area contributed by atoms with Gasteiger partial charge >= 0.3 is 12.1 Å². The van der Waals surface area contributed by atoms with Gasteiger partial charge in [0.2, 0.25) is 0 Å². The number of aromatic nitrogens is 3. The summed E-state index contributed by atoms with van der Waals surface area (Å²) in [5, 5.41) is 12.5. The molecule has 0 radical (unpaired) electrons. The molecule has 21 heavy (non-hydrogen) atoms. The maximum absolute atomic E-state index is 12.6. The first kappa shape index (κ1) is 14.9. The lowest BCUT2D eigenvalue weighted by molar-refractivity contribution is -0.752. The number of hydrogen-bond donors (Lipinski definition) is 1. The second-order valence-electron chi connectivity index (χ2n) is 4.25. The molecule has 2 aromatic rings. The molecule has 0 aliphatic rings. The highest BCUT2D eigenvalue weighted by Gasteiger charge is 2.32. The van der Waals surface area contributed by atoms with Crippen molar-refractivity contribution in [2.45, 2.75) is 19.1 Å². The van der Waals surface area contributed by atoms with E-state index in [1.165, 1.54) is 23.1 Å². The van der Waals surface area contributed by atoms with Crippen molar-refractivity contribution in [1.82, 2.24) is 10.1 Å². The third-order valence-electron chi connectivity index (χ3n) is 2.71. The Morgan fingerprint density at radius 2 is 2.05 bits per heavy atom. The second-order valence-corrected chi connectivity index (χ2v) is 4.25. The highest BCUT2D eigenvalue weighted by atomic mass is 19.4. The summed E-state index contributed by atoms with van der Waals surface area (Å²) < 4.78 is 39.2. The van der Waals surface area contributed by atoms with Gasteiger partial charge in [0.1, 0.15) is 18.3 Å². The van der Waals surface area contributed by atoms with Gasteiger partial charge in [-0.1, -0.05) is 4.68 Å². The molecule has 0 unspecified atom stereocenters. The van der Waals surface area contributed by atoms with Crippen molar-refractivity contribution >= 4 is 5.97 Å². The zero-order valence-corrected chi connectivity index (χ0v) is 10.7. The predicted octanol–water partition coefficient (Wildman–Crippen LogP) is 1.92. The van der Waals surface area contributed by atoms with Gasteiger partial charge in [0.15, 0.2) is 12.7 Å². The minimum absolute atomic E-state index is 0.0789. The number of aryl methyl sites for hydroxylation is 1. The lowest BCUT2D eigenvalue weighted by Gasteiger charge is -2.07. The Bertz CT molecular complexity index is 642. The van der Waals surface area contributed by atoms with E-state index in [9.17, 15) is 18.0 Å². The van der Waals surface area contributed by atoms with E-state index < -0.39 is 17.8 Å². The quantitative estimate of drug-likeness (QED) is 0.876. The molecular formula is C13H11F3N3O2+. The normalized spacial score (nSPS) is 11.4. The molecule has 0 saturated heterocycles. The fraction of sp³-hybridized carbons (Fsp3) is 0.231. The first-order valence-electron chi connectivity index (χ1n) is 5.97. The Hall–Kier alpha value is -2.51. The molecule has 1 N–H and O–H groups in total. The number of carboxylic acids is 1. The third-order valence-corrected chi connectivity index (χ3v) is 2.71. The molecule has 2 aromatic heterocycles. The number of carboxylic acid groups (broad SMARTS) is 1. The number of nitrogens with zero attached hydrogens (tertiary/aromatic N) is 3. The van der Waals surface area contributed by atoms with Crippen LogP contribution in [0.4, 0.5) is 13.2 Å². The van der Waals surface area contributed by atoms with E-state index in [0.29, 0.717) is 11.1 Å². The molecule has 110 valence electrons. The van der Waals surface area contributed by atoms with Gasteiger partial charge in [0.05, 0.1) is 0 Å². The summed E-state index contributed by atoms with van der Waals surface area (Å²) >= 11 is 0. The Morgan fingerprint density at radius 1 is 1.29 bits per heavy atom. The van der Waals surface area contributed by atoms with E-state index in [0.717, 1.165) is 12.3 Å². The number of hydrogen-bond acceptors (Lipinski definition) is 3. The van der Waals surface area contributed by atoms with Gasteiger partial charge in [-0.05, 0) is 22.8 Å². The summed E-state index contributed by atoms with van der Waals surface area (Å²) in [4.78, 5) is 13.7. The van der Waals surface area contributed by atoms with Crippen LogP contribution in [-0.2, 0) is 17.5 Å². The van der Waals surface area contributed by atoms with E-state index >= 15 is 0 Å². The van der Waals surface area contributed by atoms with Crippen molar-refractivity contribution < 1.29 is 27.8 Å². The molecule has 0 amide bonds. The monoisotopic (exact) mass is 298 g/mol. The van der Waals surface area contributed by atoms with Crippen LogP contribution in [0.2, 0.25) is 0 Å². The average Bonchev–Trinajstić information content (AvgIpc) is 2.45. The van der Waals surface area contributed by atoms with E-state index in [2.05, 4.69) is 10.1 Å². The van der Waals surface area contributed by atoms with Gasteiger partial charge < -0.3 is 5.11 Å². The number of halogens is 3. The van der Waals surface area contributed by atoms with E-state index in [1.807, 2.05) is 0 Å². The highest BCUT2D eigenvalue weighted by molar-refractivity contribution is 5.66. The highest BCUT2D eigenvalue weighted by Crippen LogP contribution is 2.29. The summed E-state index contributed by atoms with van der Waals surface area (Å²) in [6, 6.07) is 3.97. The minimum atomic E-state index is -4.50. The molecule has 0 saturated carbocycles. The predicted molar refractivity (Wildman–Crippen MR) is 64.9 cm³/mol. The Labute approximate surface area is 117 Å². The van der Waals surface area contributed by atoms with Crippen LogP contribution in [0.1, 0.15) is 12.1 Å². The molecule has 8 heteroatoms. The number of pyridine rings is 1. The molecule has 0 spiro atoms.